The number of nitrogens with one attached hydrogen (secondary N) is 1. The summed E-state index contributed by atoms with van der Waals surface area (Å²) < 4.78 is 39.4. The summed E-state index contributed by atoms with van der Waals surface area (Å²) in [6, 6.07) is 6.95. The first-order chi connectivity index (χ1) is 11.4. The van der Waals surface area contributed by atoms with Crippen LogP contribution in [0, 0.1) is 12.7 Å². The molecule has 1 heterocycles. The van der Waals surface area contributed by atoms with Crippen LogP contribution in [-0.2, 0) is 14.6 Å². The zero-order valence-electron chi connectivity index (χ0n) is 13.5. The Balaban J connectivity index is 2.44. The van der Waals surface area contributed by atoms with Gasteiger partial charge in [0, 0.05) is 25.4 Å². The minimum Gasteiger partial charge on any atom is -0.354 e. The average Bonchev–Trinajstić information content (AvgIpc) is 2.57. The van der Waals surface area contributed by atoms with Crippen LogP contribution in [0.2, 0.25) is 0 Å². The van der Waals surface area contributed by atoms with Gasteiger partial charge in [0.1, 0.15) is 11.1 Å². The molecule has 0 spiro atoms. The van der Waals surface area contributed by atoms with Gasteiger partial charge in [-0.15, -0.1) is 0 Å². The lowest BCUT2D eigenvalue weighted by atomic mass is 10.2. The van der Waals surface area contributed by atoms with Gasteiger partial charge in [0.05, 0.1) is 4.90 Å². The van der Waals surface area contributed by atoms with E-state index < -0.39 is 20.9 Å². The van der Waals surface area contributed by atoms with Crippen molar-refractivity contribution in [2.24, 2.45) is 0 Å². The fourth-order valence-electron chi connectivity index (χ4n) is 2.26. The number of rotatable bonds is 6. The minimum absolute atomic E-state index is 0.0148. The number of aromatic nitrogens is 1. The maximum Gasteiger partial charge on any atom is 0.219 e. The predicted octanol–water partition coefficient (Wildman–Crippen LogP) is 2.57. The molecule has 0 aliphatic carbocycles. The van der Waals surface area contributed by atoms with E-state index >= 15 is 0 Å². The van der Waals surface area contributed by atoms with Crippen LogP contribution in [0.15, 0.2) is 47.6 Å². The van der Waals surface area contributed by atoms with E-state index in [1.807, 2.05) is 0 Å². The second-order valence-corrected chi connectivity index (χ2v) is 7.52. The van der Waals surface area contributed by atoms with Crippen molar-refractivity contribution in [1.82, 2.24) is 10.3 Å². The Morgan fingerprint density at radius 2 is 2.08 bits per heavy atom. The molecule has 5 nitrogen and oxygen atoms in total. The van der Waals surface area contributed by atoms with Gasteiger partial charge in [-0.1, -0.05) is 13.0 Å². The minimum atomic E-state index is -3.82. The van der Waals surface area contributed by atoms with Crippen LogP contribution in [0.25, 0.3) is 0 Å². The van der Waals surface area contributed by atoms with Gasteiger partial charge in [-0.05, 0) is 42.3 Å². The maximum atomic E-state index is 13.4. The van der Waals surface area contributed by atoms with Crippen LogP contribution in [-0.4, -0.2) is 25.9 Å². The molecule has 0 saturated carbocycles. The summed E-state index contributed by atoms with van der Waals surface area (Å²) in [5.41, 5.74) is 0.717. The molecule has 1 atom stereocenters. The number of carbonyl (C=O) groups excluding carboxylic acids is 1. The van der Waals surface area contributed by atoms with Crippen LogP contribution >= 0.6 is 0 Å². The molecule has 0 aliphatic rings. The van der Waals surface area contributed by atoms with Crippen molar-refractivity contribution in [1.29, 1.82) is 0 Å². The van der Waals surface area contributed by atoms with E-state index in [0.29, 0.717) is 5.56 Å². The lowest BCUT2D eigenvalue weighted by Gasteiger charge is -2.19. The highest BCUT2D eigenvalue weighted by Gasteiger charge is 2.30. The average molecular weight is 350 g/mol. The Morgan fingerprint density at radius 3 is 2.67 bits per heavy atom. The number of hydrogen-bond donors (Lipinski definition) is 1. The number of sulfone groups is 1. The molecule has 7 heteroatoms. The van der Waals surface area contributed by atoms with Crippen LogP contribution in [0.1, 0.15) is 29.7 Å². The van der Waals surface area contributed by atoms with Gasteiger partial charge in [-0.25, -0.2) is 12.8 Å². The number of halogens is 1. The van der Waals surface area contributed by atoms with E-state index in [1.165, 1.54) is 25.3 Å². The lowest BCUT2D eigenvalue weighted by molar-refractivity contribution is -0.120. The fraction of sp³-hybridized carbons (Fsp3) is 0.294. The highest BCUT2D eigenvalue weighted by molar-refractivity contribution is 7.91. The molecule has 0 fully saturated rings. The van der Waals surface area contributed by atoms with Crippen molar-refractivity contribution in [3.8, 4) is 0 Å². The van der Waals surface area contributed by atoms with E-state index in [0.717, 1.165) is 6.07 Å². The Labute approximate surface area is 140 Å². The highest BCUT2D eigenvalue weighted by Crippen LogP contribution is 2.29. The molecular formula is C17H19FN2O3S. The first kappa shape index (κ1) is 18.1. The fourth-order valence-corrected chi connectivity index (χ4v) is 3.99. The number of carbonyl (C=O) groups is 1. The van der Waals surface area contributed by atoms with Gasteiger partial charge in [0.25, 0.3) is 0 Å². The number of pyridine rings is 1. The quantitative estimate of drug-likeness (QED) is 0.813. The molecule has 2 aromatic rings. The topological polar surface area (TPSA) is 76.1 Å². The third kappa shape index (κ3) is 3.97. The van der Waals surface area contributed by atoms with Gasteiger partial charge in [0.2, 0.25) is 5.91 Å². The van der Waals surface area contributed by atoms with Gasteiger partial charge in [-0.2, -0.15) is 0 Å². The molecule has 0 saturated heterocycles. The summed E-state index contributed by atoms with van der Waals surface area (Å²) in [4.78, 5) is 15.5. The molecule has 1 amide bonds. The van der Waals surface area contributed by atoms with Crippen molar-refractivity contribution in [3.63, 3.8) is 0 Å². The summed E-state index contributed by atoms with van der Waals surface area (Å²) in [7, 11) is -3.82. The Hall–Kier alpha value is -2.28. The molecule has 1 aromatic heterocycles. The van der Waals surface area contributed by atoms with Crippen molar-refractivity contribution in [3.05, 3.63) is 59.7 Å². The second-order valence-electron chi connectivity index (χ2n) is 5.39. The van der Waals surface area contributed by atoms with Crippen LogP contribution < -0.4 is 5.32 Å². The molecule has 0 bridgehead atoms. The van der Waals surface area contributed by atoms with Crippen LogP contribution in [0.5, 0.6) is 0 Å². The van der Waals surface area contributed by atoms with Crippen molar-refractivity contribution in [2.45, 2.75) is 30.4 Å². The summed E-state index contributed by atoms with van der Waals surface area (Å²) in [6.45, 7) is 3.12. The maximum absolute atomic E-state index is 13.4. The first-order valence-electron chi connectivity index (χ1n) is 7.53. The number of aryl methyl sites for hydroxylation is 1. The monoisotopic (exact) mass is 350 g/mol. The summed E-state index contributed by atoms with van der Waals surface area (Å²) in [5, 5.41) is 1.62. The van der Waals surface area contributed by atoms with E-state index in [9.17, 15) is 17.6 Å². The molecule has 1 unspecified atom stereocenters. The van der Waals surface area contributed by atoms with Crippen molar-refractivity contribution >= 4 is 15.7 Å². The Morgan fingerprint density at radius 1 is 1.33 bits per heavy atom. The van der Waals surface area contributed by atoms with E-state index in [1.54, 1.807) is 25.3 Å². The zero-order valence-corrected chi connectivity index (χ0v) is 14.3. The molecule has 1 aromatic carbocycles. The normalized spacial score (nSPS) is 12.6. The third-order valence-corrected chi connectivity index (χ3v) is 5.79. The third-order valence-electron chi connectivity index (χ3n) is 3.69. The molecule has 0 radical (unpaired) electrons. The lowest BCUT2D eigenvalue weighted by Crippen LogP contribution is -2.31. The van der Waals surface area contributed by atoms with Gasteiger partial charge in [-0.3, -0.25) is 9.78 Å². The SMILES string of the molecule is CCC(=O)NCC(c1cccnc1)S(=O)(=O)c1ccc(F)c(C)c1. The van der Waals surface area contributed by atoms with Gasteiger partial charge >= 0.3 is 0 Å². The largest absolute Gasteiger partial charge is 0.354 e. The highest BCUT2D eigenvalue weighted by atomic mass is 32.2. The van der Waals surface area contributed by atoms with Gasteiger partial charge in [0.15, 0.2) is 9.84 Å². The molecule has 24 heavy (non-hydrogen) atoms. The van der Waals surface area contributed by atoms with Crippen LogP contribution in [0.4, 0.5) is 4.39 Å². The predicted molar refractivity (Wildman–Crippen MR) is 88.6 cm³/mol. The Bertz CT molecular complexity index is 823. The molecule has 128 valence electrons. The summed E-state index contributed by atoms with van der Waals surface area (Å²) in [5.74, 6) is -0.708. The van der Waals surface area contributed by atoms with E-state index in [2.05, 4.69) is 10.3 Å². The van der Waals surface area contributed by atoms with E-state index in [-0.39, 0.29) is 29.3 Å². The summed E-state index contributed by atoms with van der Waals surface area (Å²) in [6.07, 6.45) is 3.26. The number of hydrogen-bond acceptors (Lipinski definition) is 4. The van der Waals surface area contributed by atoms with Crippen molar-refractivity contribution in [2.75, 3.05) is 6.54 Å². The smallest absolute Gasteiger partial charge is 0.219 e. The zero-order chi connectivity index (χ0) is 17.7. The standard InChI is InChI=1S/C17H19FN2O3S/c1-3-17(21)20-11-16(13-5-4-8-19-10-13)24(22,23)14-6-7-15(18)12(2)9-14/h4-10,16H,3,11H2,1-2H3,(H,20,21). The number of amides is 1. The second kappa shape index (κ2) is 7.53. The molecule has 1 N–H and O–H groups in total. The molecule has 0 aliphatic heterocycles. The molecule has 2 rings (SSSR count). The Kier molecular flexibility index (Phi) is 5.66. The van der Waals surface area contributed by atoms with Gasteiger partial charge < -0.3 is 5.32 Å². The van der Waals surface area contributed by atoms with E-state index in [4.69, 9.17) is 0 Å². The first-order valence-corrected chi connectivity index (χ1v) is 9.07. The number of benzene rings is 1. The summed E-state index contributed by atoms with van der Waals surface area (Å²) >= 11 is 0. The number of nitrogens with zero attached hydrogens (tertiary/aromatic N) is 1. The van der Waals surface area contributed by atoms with Crippen molar-refractivity contribution < 1.29 is 17.6 Å². The van der Waals surface area contributed by atoms with Crippen LogP contribution in [0.3, 0.4) is 0 Å². The molecular weight excluding hydrogens is 331 g/mol.